The Hall–Kier alpha value is -0.340. The van der Waals surface area contributed by atoms with Crippen LogP contribution in [0, 0.1) is 5.92 Å². The lowest BCUT2D eigenvalue weighted by molar-refractivity contribution is 0.139. The molecule has 1 aliphatic heterocycles. The van der Waals surface area contributed by atoms with Gasteiger partial charge in [0.05, 0.1) is 0 Å². The number of rotatable bonds is 3. The number of hydrogen-bond acceptors (Lipinski definition) is 2. The van der Waals surface area contributed by atoms with Crippen molar-refractivity contribution in [2.45, 2.75) is 19.9 Å². The lowest BCUT2D eigenvalue weighted by Gasteiger charge is -2.37. The number of piperazine rings is 1. The Labute approximate surface area is 75.6 Å². The summed E-state index contributed by atoms with van der Waals surface area (Å²) in [6.07, 6.45) is 2.00. The van der Waals surface area contributed by atoms with Gasteiger partial charge in [-0.3, -0.25) is 4.90 Å². The van der Waals surface area contributed by atoms with Crippen LogP contribution in [0.4, 0.5) is 0 Å². The third kappa shape index (κ3) is 2.32. The fourth-order valence-electron chi connectivity index (χ4n) is 1.82. The van der Waals surface area contributed by atoms with Gasteiger partial charge in [-0.05, 0) is 5.92 Å². The minimum atomic E-state index is 0.691. The Kier molecular flexibility index (Phi) is 3.76. The van der Waals surface area contributed by atoms with E-state index in [9.17, 15) is 0 Å². The first-order valence-electron chi connectivity index (χ1n) is 4.81. The molecule has 1 rings (SSSR count). The Morgan fingerprint density at radius 1 is 1.67 bits per heavy atom. The summed E-state index contributed by atoms with van der Waals surface area (Å²) in [5, 5.41) is 3.43. The molecule has 12 heavy (non-hydrogen) atoms. The van der Waals surface area contributed by atoms with Crippen molar-refractivity contribution in [1.82, 2.24) is 10.2 Å². The molecule has 1 heterocycles. The second-order valence-corrected chi connectivity index (χ2v) is 3.80. The summed E-state index contributed by atoms with van der Waals surface area (Å²) < 4.78 is 0. The van der Waals surface area contributed by atoms with Gasteiger partial charge in [-0.1, -0.05) is 19.9 Å². The van der Waals surface area contributed by atoms with E-state index < -0.39 is 0 Å². The molecule has 0 saturated carbocycles. The Morgan fingerprint density at radius 2 is 2.42 bits per heavy atom. The SMILES string of the molecule is C=CCN1CCNCC1C(C)C. The Bertz CT molecular complexity index is 143. The molecule has 1 unspecified atom stereocenters. The van der Waals surface area contributed by atoms with Gasteiger partial charge in [0.25, 0.3) is 0 Å². The smallest absolute Gasteiger partial charge is 0.0247 e. The van der Waals surface area contributed by atoms with E-state index in [0.717, 1.165) is 32.1 Å². The van der Waals surface area contributed by atoms with Crippen LogP contribution < -0.4 is 5.32 Å². The van der Waals surface area contributed by atoms with Crippen LogP contribution >= 0.6 is 0 Å². The van der Waals surface area contributed by atoms with Crippen molar-refractivity contribution >= 4 is 0 Å². The van der Waals surface area contributed by atoms with Crippen molar-refractivity contribution in [3.63, 3.8) is 0 Å². The average molecular weight is 168 g/mol. The minimum absolute atomic E-state index is 0.691. The topological polar surface area (TPSA) is 15.3 Å². The first kappa shape index (κ1) is 9.75. The summed E-state index contributed by atoms with van der Waals surface area (Å²) in [5.74, 6) is 0.734. The highest BCUT2D eigenvalue weighted by Gasteiger charge is 2.23. The lowest BCUT2D eigenvalue weighted by atomic mass is 10.0. The molecule has 0 aliphatic carbocycles. The van der Waals surface area contributed by atoms with E-state index in [4.69, 9.17) is 0 Å². The van der Waals surface area contributed by atoms with Gasteiger partial charge in [-0.2, -0.15) is 0 Å². The van der Waals surface area contributed by atoms with Crippen molar-refractivity contribution in [2.75, 3.05) is 26.2 Å². The second-order valence-electron chi connectivity index (χ2n) is 3.80. The highest BCUT2D eigenvalue weighted by atomic mass is 15.2. The maximum absolute atomic E-state index is 3.79. The van der Waals surface area contributed by atoms with Crippen LogP contribution in [-0.2, 0) is 0 Å². The maximum Gasteiger partial charge on any atom is 0.0247 e. The maximum atomic E-state index is 3.79. The van der Waals surface area contributed by atoms with Gasteiger partial charge in [0, 0.05) is 32.2 Å². The van der Waals surface area contributed by atoms with Crippen LogP contribution in [-0.4, -0.2) is 37.1 Å². The van der Waals surface area contributed by atoms with Crippen molar-refractivity contribution in [3.8, 4) is 0 Å². The molecule has 0 amide bonds. The molecule has 2 heteroatoms. The van der Waals surface area contributed by atoms with E-state index in [2.05, 4.69) is 30.6 Å². The molecule has 2 nitrogen and oxygen atoms in total. The van der Waals surface area contributed by atoms with Crippen LogP contribution in [0.15, 0.2) is 12.7 Å². The molecule has 0 spiro atoms. The number of nitrogens with zero attached hydrogens (tertiary/aromatic N) is 1. The van der Waals surface area contributed by atoms with E-state index in [-0.39, 0.29) is 0 Å². The zero-order valence-corrected chi connectivity index (χ0v) is 8.21. The van der Waals surface area contributed by atoms with Gasteiger partial charge < -0.3 is 5.32 Å². The highest BCUT2D eigenvalue weighted by Crippen LogP contribution is 2.12. The third-order valence-corrected chi connectivity index (χ3v) is 2.53. The fraction of sp³-hybridized carbons (Fsp3) is 0.800. The minimum Gasteiger partial charge on any atom is -0.314 e. The van der Waals surface area contributed by atoms with Gasteiger partial charge in [0.15, 0.2) is 0 Å². The summed E-state index contributed by atoms with van der Waals surface area (Å²) in [6, 6.07) is 0.691. The van der Waals surface area contributed by atoms with Crippen molar-refractivity contribution in [3.05, 3.63) is 12.7 Å². The first-order valence-corrected chi connectivity index (χ1v) is 4.81. The molecule has 0 aromatic rings. The molecular weight excluding hydrogens is 148 g/mol. The van der Waals surface area contributed by atoms with Crippen molar-refractivity contribution in [2.24, 2.45) is 5.92 Å². The van der Waals surface area contributed by atoms with Crippen LogP contribution in [0.2, 0.25) is 0 Å². The van der Waals surface area contributed by atoms with Gasteiger partial charge in [-0.25, -0.2) is 0 Å². The van der Waals surface area contributed by atoms with Gasteiger partial charge in [0.2, 0.25) is 0 Å². The molecule has 1 atom stereocenters. The van der Waals surface area contributed by atoms with Gasteiger partial charge in [-0.15, -0.1) is 6.58 Å². The summed E-state index contributed by atoms with van der Waals surface area (Å²) in [4.78, 5) is 2.51. The van der Waals surface area contributed by atoms with Gasteiger partial charge in [0.1, 0.15) is 0 Å². The quantitative estimate of drug-likeness (QED) is 0.635. The summed E-state index contributed by atoms with van der Waals surface area (Å²) in [5.41, 5.74) is 0. The number of nitrogens with one attached hydrogen (secondary N) is 1. The molecule has 1 aliphatic rings. The van der Waals surface area contributed by atoms with Crippen LogP contribution in [0.25, 0.3) is 0 Å². The molecule has 70 valence electrons. The molecule has 1 N–H and O–H groups in total. The highest BCUT2D eigenvalue weighted by molar-refractivity contribution is 4.86. The van der Waals surface area contributed by atoms with E-state index >= 15 is 0 Å². The average Bonchev–Trinajstić information content (AvgIpc) is 2.05. The van der Waals surface area contributed by atoms with Gasteiger partial charge >= 0.3 is 0 Å². The van der Waals surface area contributed by atoms with Crippen molar-refractivity contribution < 1.29 is 0 Å². The van der Waals surface area contributed by atoms with Crippen LogP contribution in [0.1, 0.15) is 13.8 Å². The summed E-state index contributed by atoms with van der Waals surface area (Å²) in [7, 11) is 0. The predicted octanol–water partition coefficient (Wildman–Crippen LogP) is 1.10. The Balaban J connectivity index is 2.47. The van der Waals surface area contributed by atoms with Crippen molar-refractivity contribution in [1.29, 1.82) is 0 Å². The molecule has 0 aromatic heterocycles. The molecule has 0 radical (unpaired) electrons. The van der Waals surface area contributed by atoms with Crippen LogP contribution in [0.3, 0.4) is 0 Å². The summed E-state index contributed by atoms with van der Waals surface area (Å²) >= 11 is 0. The fourth-order valence-corrected chi connectivity index (χ4v) is 1.82. The monoisotopic (exact) mass is 168 g/mol. The van der Waals surface area contributed by atoms with E-state index in [1.807, 2.05) is 6.08 Å². The zero-order chi connectivity index (χ0) is 8.97. The predicted molar refractivity (Wildman–Crippen MR) is 53.3 cm³/mol. The summed E-state index contributed by atoms with van der Waals surface area (Å²) in [6.45, 7) is 12.8. The number of hydrogen-bond donors (Lipinski definition) is 1. The molecule has 1 saturated heterocycles. The molecule has 0 aromatic carbocycles. The zero-order valence-electron chi connectivity index (χ0n) is 8.21. The van der Waals surface area contributed by atoms with E-state index in [1.54, 1.807) is 0 Å². The lowest BCUT2D eigenvalue weighted by Crippen LogP contribution is -2.53. The largest absolute Gasteiger partial charge is 0.314 e. The Morgan fingerprint density at radius 3 is 3.00 bits per heavy atom. The van der Waals surface area contributed by atoms with Crippen LogP contribution in [0.5, 0.6) is 0 Å². The molecular formula is C10H20N2. The van der Waals surface area contributed by atoms with E-state index in [1.165, 1.54) is 0 Å². The molecule has 0 bridgehead atoms. The standard InChI is InChI=1S/C10H20N2/c1-4-6-12-7-5-11-8-10(12)9(2)3/h4,9-11H,1,5-8H2,2-3H3. The first-order chi connectivity index (χ1) is 5.75. The van der Waals surface area contributed by atoms with E-state index in [0.29, 0.717) is 6.04 Å². The normalized spacial score (nSPS) is 26.1. The molecule has 1 fully saturated rings. The second kappa shape index (κ2) is 4.63. The third-order valence-electron chi connectivity index (χ3n) is 2.53.